The molecule has 1 aromatic rings. The number of nitro groups is 1. The fourth-order valence-corrected chi connectivity index (χ4v) is 2.16. The lowest BCUT2D eigenvalue weighted by Gasteiger charge is -2.06. The smallest absolute Gasteiger partial charge is 0.270 e. The number of nitrogens with one attached hydrogen (secondary N) is 2. The van der Waals surface area contributed by atoms with Crippen molar-refractivity contribution in [3.8, 4) is 0 Å². The van der Waals surface area contributed by atoms with Gasteiger partial charge in [0.2, 0.25) is 5.91 Å². The third kappa shape index (κ3) is 6.12. The van der Waals surface area contributed by atoms with Gasteiger partial charge in [0.25, 0.3) is 5.69 Å². The molecule has 0 aliphatic rings. The van der Waals surface area contributed by atoms with Crippen LogP contribution in [0.5, 0.6) is 0 Å². The van der Waals surface area contributed by atoms with Crippen molar-refractivity contribution >= 4 is 27.5 Å². The Balaban J connectivity index is 2.38. The molecule has 0 fully saturated rings. The highest BCUT2D eigenvalue weighted by Crippen LogP contribution is 2.21. The number of hydrogen-bond donors (Lipinski definition) is 2. The molecular weight excluding hydrogens is 326 g/mol. The Bertz CT molecular complexity index is 480. The molecule has 0 heterocycles. The van der Waals surface area contributed by atoms with Gasteiger partial charge in [0.1, 0.15) is 0 Å². The summed E-state index contributed by atoms with van der Waals surface area (Å²) < 4.78 is 0.671. The molecule has 1 amide bonds. The molecule has 0 aromatic heterocycles. The van der Waals surface area contributed by atoms with Gasteiger partial charge in [-0.3, -0.25) is 14.9 Å². The van der Waals surface area contributed by atoms with E-state index in [0.29, 0.717) is 30.5 Å². The summed E-state index contributed by atoms with van der Waals surface area (Å²) in [6.07, 6.45) is 1.32. The second-order valence-electron chi connectivity index (χ2n) is 4.35. The summed E-state index contributed by atoms with van der Waals surface area (Å²) in [6.45, 7) is 3.71. The van der Waals surface area contributed by atoms with Crippen LogP contribution in [-0.2, 0) is 11.3 Å². The lowest BCUT2D eigenvalue weighted by Crippen LogP contribution is -2.28. The highest BCUT2D eigenvalue weighted by atomic mass is 79.9. The Labute approximate surface area is 126 Å². The van der Waals surface area contributed by atoms with Crippen molar-refractivity contribution in [1.29, 1.82) is 0 Å². The Morgan fingerprint density at radius 1 is 1.35 bits per heavy atom. The molecule has 0 unspecified atom stereocenters. The number of halogens is 1. The van der Waals surface area contributed by atoms with E-state index in [1.807, 2.05) is 13.0 Å². The molecule has 20 heavy (non-hydrogen) atoms. The van der Waals surface area contributed by atoms with Crippen LogP contribution in [0, 0.1) is 10.1 Å². The first kappa shape index (κ1) is 16.6. The number of hydrogen-bond acceptors (Lipinski definition) is 4. The largest absolute Gasteiger partial charge is 0.356 e. The van der Waals surface area contributed by atoms with Gasteiger partial charge >= 0.3 is 0 Å². The van der Waals surface area contributed by atoms with Gasteiger partial charge in [-0.2, -0.15) is 0 Å². The second kappa shape index (κ2) is 8.65. The SMILES string of the molecule is CCCNC(=O)CCNCc1cc(Br)cc([N+](=O)[O-])c1. The molecule has 0 aliphatic heterocycles. The third-order valence-corrected chi connectivity index (χ3v) is 3.04. The number of nitro benzene ring substituents is 1. The topological polar surface area (TPSA) is 84.3 Å². The minimum atomic E-state index is -0.424. The first-order valence-corrected chi connectivity index (χ1v) is 7.23. The zero-order valence-electron chi connectivity index (χ0n) is 11.3. The molecule has 0 saturated heterocycles. The van der Waals surface area contributed by atoms with E-state index in [1.165, 1.54) is 12.1 Å². The number of rotatable bonds is 8. The van der Waals surface area contributed by atoms with Crippen LogP contribution in [0.15, 0.2) is 22.7 Å². The molecule has 0 radical (unpaired) electrons. The van der Waals surface area contributed by atoms with E-state index in [9.17, 15) is 14.9 Å². The first-order chi connectivity index (χ1) is 9.52. The van der Waals surface area contributed by atoms with Gasteiger partial charge in [-0.15, -0.1) is 0 Å². The zero-order chi connectivity index (χ0) is 15.0. The number of amides is 1. The summed E-state index contributed by atoms with van der Waals surface area (Å²) in [5.74, 6) is 0.0135. The average molecular weight is 344 g/mol. The fraction of sp³-hybridized carbons (Fsp3) is 0.462. The third-order valence-electron chi connectivity index (χ3n) is 2.58. The molecule has 0 spiro atoms. The molecule has 0 aliphatic carbocycles. The van der Waals surface area contributed by atoms with Gasteiger partial charge in [0, 0.05) is 42.7 Å². The van der Waals surface area contributed by atoms with Crippen LogP contribution in [0.25, 0.3) is 0 Å². The first-order valence-electron chi connectivity index (χ1n) is 6.44. The van der Waals surface area contributed by atoms with Crippen molar-refractivity contribution in [2.45, 2.75) is 26.3 Å². The van der Waals surface area contributed by atoms with E-state index in [2.05, 4.69) is 26.6 Å². The lowest BCUT2D eigenvalue weighted by atomic mass is 10.2. The number of carbonyl (C=O) groups excluding carboxylic acids is 1. The minimum absolute atomic E-state index is 0.0135. The van der Waals surface area contributed by atoms with Gasteiger partial charge in [0.05, 0.1) is 4.92 Å². The van der Waals surface area contributed by atoms with Gasteiger partial charge in [0.15, 0.2) is 0 Å². The molecule has 110 valence electrons. The van der Waals surface area contributed by atoms with E-state index in [4.69, 9.17) is 0 Å². The Hall–Kier alpha value is -1.47. The normalized spacial score (nSPS) is 10.3. The minimum Gasteiger partial charge on any atom is -0.356 e. The van der Waals surface area contributed by atoms with E-state index in [1.54, 1.807) is 0 Å². The van der Waals surface area contributed by atoms with Crippen molar-refractivity contribution in [1.82, 2.24) is 10.6 Å². The summed E-state index contributed by atoms with van der Waals surface area (Å²) in [7, 11) is 0. The summed E-state index contributed by atoms with van der Waals surface area (Å²) >= 11 is 3.25. The summed E-state index contributed by atoms with van der Waals surface area (Å²) in [5.41, 5.74) is 0.858. The predicted molar refractivity (Wildman–Crippen MR) is 80.4 cm³/mol. The number of nitrogens with zero attached hydrogens (tertiary/aromatic N) is 1. The van der Waals surface area contributed by atoms with Gasteiger partial charge in [-0.05, 0) is 18.1 Å². The Morgan fingerprint density at radius 3 is 2.75 bits per heavy atom. The van der Waals surface area contributed by atoms with E-state index in [0.717, 1.165) is 12.0 Å². The maximum atomic E-state index is 11.4. The van der Waals surface area contributed by atoms with Gasteiger partial charge in [-0.1, -0.05) is 22.9 Å². The van der Waals surface area contributed by atoms with E-state index in [-0.39, 0.29) is 11.6 Å². The number of benzene rings is 1. The zero-order valence-corrected chi connectivity index (χ0v) is 12.9. The molecule has 0 saturated carbocycles. The lowest BCUT2D eigenvalue weighted by molar-refractivity contribution is -0.385. The van der Waals surface area contributed by atoms with Crippen molar-refractivity contribution in [2.24, 2.45) is 0 Å². The predicted octanol–water partition coefficient (Wildman–Crippen LogP) is 2.36. The van der Waals surface area contributed by atoms with Crippen LogP contribution in [-0.4, -0.2) is 23.9 Å². The molecule has 1 rings (SSSR count). The summed E-state index contributed by atoms with van der Waals surface area (Å²) in [6, 6.07) is 4.80. The molecule has 0 bridgehead atoms. The van der Waals surface area contributed by atoms with Gasteiger partial charge in [-0.25, -0.2) is 0 Å². The maximum absolute atomic E-state index is 11.4. The van der Waals surface area contributed by atoms with Crippen LogP contribution in [0.3, 0.4) is 0 Å². The average Bonchev–Trinajstić information content (AvgIpc) is 2.40. The second-order valence-corrected chi connectivity index (χ2v) is 5.27. The van der Waals surface area contributed by atoms with Crippen LogP contribution in [0.4, 0.5) is 5.69 Å². The van der Waals surface area contributed by atoms with Crippen LogP contribution in [0.2, 0.25) is 0 Å². The molecule has 0 atom stereocenters. The Morgan fingerprint density at radius 2 is 2.10 bits per heavy atom. The highest BCUT2D eigenvalue weighted by molar-refractivity contribution is 9.10. The standard InChI is InChI=1S/C13H18BrN3O3/c1-2-4-16-13(18)3-5-15-9-10-6-11(14)8-12(7-10)17(19)20/h6-8,15H,2-5,9H2,1H3,(H,16,18). The highest BCUT2D eigenvalue weighted by Gasteiger charge is 2.08. The maximum Gasteiger partial charge on any atom is 0.270 e. The fourth-order valence-electron chi connectivity index (χ4n) is 1.63. The quantitative estimate of drug-likeness (QED) is 0.431. The van der Waals surface area contributed by atoms with Crippen LogP contribution < -0.4 is 10.6 Å². The monoisotopic (exact) mass is 343 g/mol. The van der Waals surface area contributed by atoms with E-state index < -0.39 is 4.92 Å². The van der Waals surface area contributed by atoms with Crippen LogP contribution in [0.1, 0.15) is 25.3 Å². The number of non-ortho nitro benzene ring substituents is 1. The summed E-state index contributed by atoms with van der Waals surface area (Å²) in [4.78, 5) is 21.7. The molecule has 2 N–H and O–H groups in total. The van der Waals surface area contributed by atoms with Crippen molar-refractivity contribution in [2.75, 3.05) is 13.1 Å². The van der Waals surface area contributed by atoms with Crippen molar-refractivity contribution in [3.63, 3.8) is 0 Å². The van der Waals surface area contributed by atoms with Crippen molar-refractivity contribution in [3.05, 3.63) is 38.3 Å². The molecule has 7 heteroatoms. The van der Waals surface area contributed by atoms with Crippen LogP contribution >= 0.6 is 15.9 Å². The molecular formula is C13H18BrN3O3. The van der Waals surface area contributed by atoms with Gasteiger partial charge < -0.3 is 10.6 Å². The molecule has 1 aromatic carbocycles. The Kier molecular flexibility index (Phi) is 7.17. The molecule has 6 nitrogen and oxygen atoms in total. The summed E-state index contributed by atoms with van der Waals surface area (Å²) in [5, 5.41) is 16.6. The van der Waals surface area contributed by atoms with Crippen molar-refractivity contribution < 1.29 is 9.72 Å². The van der Waals surface area contributed by atoms with E-state index >= 15 is 0 Å². The number of carbonyl (C=O) groups is 1.